The number of hydrogen-bond donors (Lipinski definition) is 3. The maximum atomic E-state index is 14.1. The zero-order valence-electron chi connectivity index (χ0n) is 32.3. The summed E-state index contributed by atoms with van der Waals surface area (Å²) in [5.74, 6) is -1.15. The summed E-state index contributed by atoms with van der Waals surface area (Å²) in [6, 6.07) is 42.5. The lowest BCUT2D eigenvalue weighted by molar-refractivity contribution is -0.275. The van der Waals surface area contributed by atoms with Crippen LogP contribution in [0.4, 0.5) is 0 Å². The Labute approximate surface area is 340 Å². The van der Waals surface area contributed by atoms with Crippen LogP contribution in [0.3, 0.4) is 0 Å². The number of methoxy groups -OCH3 is 1. The Morgan fingerprint density at radius 3 is 1.63 bits per heavy atom. The van der Waals surface area contributed by atoms with Crippen LogP contribution in [0.5, 0.6) is 23.0 Å². The molecule has 0 aliphatic carbocycles. The van der Waals surface area contributed by atoms with E-state index in [2.05, 4.69) is 0 Å². The Morgan fingerprint density at radius 2 is 1.08 bits per heavy atom. The first kappa shape index (κ1) is 39.6. The predicted molar refractivity (Wildman–Crippen MR) is 220 cm³/mol. The summed E-state index contributed by atoms with van der Waals surface area (Å²) < 4.78 is 45.6. The number of phenolic OH excluding ortho intramolecular Hbond substituents is 3. The third kappa shape index (κ3) is 8.80. The van der Waals surface area contributed by atoms with Crippen LogP contribution in [0.2, 0.25) is 0 Å². The Hall–Kier alpha value is -6.21. The standard InChI is InChI=1S/C48H44O11/c1-53-39-24-38-34(22-35(39)49)43(52)41-36(50)23-37(51)42(45(41)58-38)46-48(57-28-33-20-12-5-13-21-33)47(56-27-32-18-10-4-11-19-32)44(55-26-31-16-8-3-9-17-31)40(59-46)29-54-25-30-14-6-2-7-15-30/h2-24,40,44,46-51H,25-29H2,1H3/t40-,44-,46+,47+,48+/m1/s1. The fourth-order valence-corrected chi connectivity index (χ4v) is 7.49. The van der Waals surface area contributed by atoms with Gasteiger partial charge in [0.25, 0.3) is 0 Å². The highest BCUT2D eigenvalue weighted by atomic mass is 16.6. The van der Waals surface area contributed by atoms with E-state index in [9.17, 15) is 20.1 Å². The Morgan fingerprint density at radius 1 is 0.576 bits per heavy atom. The van der Waals surface area contributed by atoms with Crippen LogP contribution >= 0.6 is 0 Å². The quantitative estimate of drug-likeness (QED) is 0.0859. The van der Waals surface area contributed by atoms with Crippen LogP contribution in [0.15, 0.2) is 149 Å². The molecule has 5 atom stereocenters. The molecule has 2 heterocycles. The monoisotopic (exact) mass is 796 g/mol. The summed E-state index contributed by atoms with van der Waals surface area (Å²) in [5, 5.41) is 33.4. The van der Waals surface area contributed by atoms with E-state index in [1.165, 1.54) is 19.2 Å². The van der Waals surface area contributed by atoms with Gasteiger partial charge in [0, 0.05) is 12.1 Å². The van der Waals surface area contributed by atoms with Gasteiger partial charge in [0.05, 0.1) is 51.1 Å². The highest BCUT2D eigenvalue weighted by Crippen LogP contribution is 2.46. The second-order valence-corrected chi connectivity index (χ2v) is 14.4. The van der Waals surface area contributed by atoms with Crippen molar-refractivity contribution < 1.29 is 48.2 Å². The van der Waals surface area contributed by atoms with Crippen molar-refractivity contribution in [1.29, 1.82) is 0 Å². The van der Waals surface area contributed by atoms with Gasteiger partial charge in [-0.3, -0.25) is 4.79 Å². The number of rotatable bonds is 15. The van der Waals surface area contributed by atoms with Crippen molar-refractivity contribution >= 4 is 21.9 Å². The first-order valence-electron chi connectivity index (χ1n) is 19.3. The number of benzene rings is 6. The van der Waals surface area contributed by atoms with Crippen molar-refractivity contribution in [2.45, 2.75) is 56.9 Å². The zero-order chi connectivity index (χ0) is 40.7. The number of ether oxygens (including phenoxy) is 6. The summed E-state index contributed by atoms with van der Waals surface area (Å²) >= 11 is 0. The molecule has 8 rings (SSSR count). The second kappa shape index (κ2) is 18.2. The average Bonchev–Trinajstić information content (AvgIpc) is 3.26. The van der Waals surface area contributed by atoms with Crippen molar-refractivity contribution in [3.05, 3.63) is 178 Å². The van der Waals surface area contributed by atoms with Crippen LogP contribution in [0.1, 0.15) is 33.9 Å². The first-order chi connectivity index (χ1) is 28.9. The molecule has 0 saturated carbocycles. The number of aromatic hydroxyl groups is 3. The highest BCUT2D eigenvalue weighted by molar-refractivity contribution is 5.97. The molecule has 1 aromatic heterocycles. The molecule has 0 bridgehead atoms. The Balaban J connectivity index is 1.29. The third-order valence-corrected chi connectivity index (χ3v) is 10.4. The molecular weight excluding hydrogens is 753 g/mol. The van der Waals surface area contributed by atoms with Crippen molar-refractivity contribution in [2.75, 3.05) is 13.7 Å². The maximum absolute atomic E-state index is 14.1. The largest absolute Gasteiger partial charge is 0.507 e. The van der Waals surface area contributed by atoms with Gasteiger partial charge >= 0.3 is 0 Å². The lowest BCUT2D eigenvalue weighted by atomic mass is 9.88. The summed E-state index contributed by atoms with van der Waals surface area (Å²) in [6.07, 6.45) is -4.64. The molecule has 1 aliphatic heterocycles. The van der Waals surface area contributed by atoms with Crippen LogP contribution in [0, 0.1) is 0 Å². The topological polar surface area (TPSA) is 146 Å². The molecule has 0 unspecified atom stereocenters. The smallest absolute Gasteiger partial charge is 0.204 e. The van der Waals surface area contributed by atoms with Gasteiger partial charge in [-0.05, 0) is 28.3 Å². The van der Waals surface area contributed by atoms with Gasteiger partial charge in [-0.15, -0.1) is 0 Å². The van der Waals surface area contributed by atoms with Gasteiger partial charge < -0.3 is 48.2 Å². The van der Waals surface area contributed by atoms with Crippen molar-refractivity contribution in [3.8, 4) is 23.0 Å². The van der Waals surface area contributed by atoms with Crippen LogP contribution in [0.25, 0.3) is 21.9 Å². The molecule has 1 aliphatic rings. The van der Waals surface area contributed by atoms with E-state index < -0.39 is 47.4 Å². The minimum Gasteiger partial charge on any atom is -0.507 e. The molecule has 11 heteroatoms. The average molecular weight is 797 g/mol. The SMILES string of the molecule is COc1cc2oc3c([C@@H]4O[C@H](COCc5ccccc5)[C@@H](OCc5ccccc5)[C@H](OCc5ccccc5)[C@H]4OCc4ccccc4)c(O)cc(O)c3c(=O)c2cc1O. The molecule has 0 amide bonds. The lowest BCUT2D eigenvalue weighted by Gasteiger charge is -2.46. The predicted octanol–water partition coefficient (Wildman–Crippen LogP) is 8.48. The van der Waals surface area contributed by atoms with E-state index in [0.717, 1.165) is 28.3 Å². The third-order valence-electron chi connectivity index (χ3n) is 10.4. The molecule has 302 valence electrons. The van der Waals surface area contributed by atoms with E-state index in [1.807, 2.05) is 121 Å². The summed E-state index contributed by atoms with van der Waals surface area (Å²) in [7, 11) is 1.37. The lowest BCUT2D eigenvalue weighted by Crippen LogP contribution is -2.58. The van der Waals surface area contributed by atoms with Gasteiger partial charge in [-0.1, -0.05) is 121 Å². The Bertz CT molecular complexity index is 2530. The molecule has 1 fully saturated rings. The Kier molecular flexibility index (Phi) is 12.2. The van der Waals surface area contributed by atoms with Gasteiger partial charge in [0.15, 0.2) is 17.1 Å². The van der Waals surface area contributed by atoms with Crippen molar-refractivity contribution in [3.63, 3.8) is 0 Å². The fraction of sp³-hybridized carbons (Fsp3) is 0.229. The molecule has 1 saturated heterocycles. The van der Waals surface area contributed by atoms with E-state index in [0.29, 0.717) is 0 Å². The molecule has 11 nitrogen and oxygen atoms in total. The van der Waals surface area contributed by atoms with Gasteiger partial charge in [0.1, 0.15) is 53.0 Å². The fourth-order valence-electron chi connectivity index (χ4n) is 7.49. The van der Waals surface area contributed by atoms with E-state index in [-0.39, 0.29) is 72.0 Å². The molecule has 0 spiro atoms. The molecule has 7 aromatic rings. The summed E-state index contributed by atoms with van der Waals surface area (Å²) in [6.45, 7) is 0.841. The molecule has 59 heavy (non-hydrogen) atoms. The van der Waals surface area contributed by atoms with Crippen LogP contribution in [-0.4, -0.2) is 53.5 Å². The van der Waals surface area contributed by atoms with Crippen molar-refractivity contribution in [2.24, 2.45) is 0 Å². The number of phenols is 3. The van der Waals surface area contributed by atoms with E-state index >= 15 is 0 Å². The number of fused-ring (bicyclic) bond motifs is 2. The van der Waals surface area contributed by atoms with Crippen LogP contribution in [-0.2, 0) is 50.1 Å². The zero-order valence-corrected chi connectivity index (χ0v) is 32.3. The van der Waals surface area contributed by atoms with E-state index in [4.69, 9.17) is 32.8 Å². The summed E-state index contributed by atoms with van der Waals surface area (Å²) in [5.41, 5.74) is 2.98. The van der Waals surface area contributed by atoms with Gasteiger partial charge in [-0.25, -0.2) is 0 Å². The maximum Gasteiger partial charge on any atom is 0.204 e. The first-order valence-corrected chi connectivity index (χ1v) is 19.3. The highest BCUT2D eigenvalue weighted by Gasteiger charge is 2.50. The summed E-state index contributed by atoms with van der Waals surface area (Å²) in [4.78, 5) is 14.1. The minimum absolute atomic E-state index is 0.00480. The van der Waals surface area contributed by atoms with Crippen molar-refractivity contribution in [1.82, 2.24) is 0 Å². The normalized spacial score (nSPS) is 19.2. The number of hydrogen-bond acceptors (Lipinski definition) is 11. The second-order valence-electron chi connectivity index (χ2n) is 14.4. The van der Waals surface area contributed by atoms with Gasteiger partial charge in [-0.2, -0.15) is 0 Å². The van der Waals surface area contributed by atoms with Gasteiger partial charge in [0.2, 0.25) is 5.43 Å². The molecule has 6 aromatic carbocycles. The van der Waals surface area contributed by atoms with Crippen LogP contribution < -0.4 is 10.2 Å². The molecule has 3 N–H and O–H groups in total. The minimum atomic E-state index is -1.18. The molecule has 0 radical (unpaired) electrons. The van der Waals surface area contributed by atoms with E-state index in [1.54, 1.807) is 0 Å². The molecular formula is C48H44O11.